The predicted octanol–water partition coefficient (Wildman–Crippen LogP) is 5.36. The predicted molar refractivity (Wildman–Crippen MR) is 156 cm³/mol. The van der Waals surface area contributed by atoms with Gasteiger partial charge in [-0.2, -0.15) is 18.2 Å². The minimum atomic E-state index is -4.37. The van der Waals surface area contributed by atoms with Gasteiger partial charge in [0, 0.05) is 37.8 Å². The number of piperazine rings is 1. The molecule has 3 aromatic rings. The van der Waals surface area contributed by atoms with Crippen LogP contribution in [0.2, 0.25) is 0 Å². The summed E-state index contributed by atoms with van der Waals surface area (Å²) >= 11 is 0. The van der Waals surface area contributed by atoms with Gasteiger partial charge in [-0.25, -0.2) is 4.98 Å². The maximum absolute atomic E-state index is 13.3. The molecule has 0 saturated carbocycles. The molecule has 0 unspecified atom stereocenters. The summed E-state index contributed by atoms with van der Waals surface area (Å²) in [7, 11) is 0. The van der Waals surface area contributed by atoms with Crippen LogP contribution in [0.3, 0.4) is 0 Å². The van der Waals surface area contributed by atoms with Crippen LogP contribution in [0.1, 0.15) is 70.0 Å². The summed E-state index contributed by atoms with van der Waals surface area (Å²) in [5.41, 5.74) is 1.53. The van der Waals surface area contributed by atoms with Crippen LogP contribution < -0.4 is 10.5 Å². The molecule has 4 atom stereocenters. The molecule has 2 fully saturated rings. The number of alkyl halides is 3. The fraction of sp³-hybridized carbons (Fsp3) is 0.600. The van der Waals surface area contributed by atoms with Gasteiger partial charge in [0.1, 0.15) is 11.3 Å². The minimum Gasteiger partial charge on any atom is -0.376 e. The molecule has 2 N–H and O–H groups in total. The summed E-state index contributed by atoms with van der Waals surface area (Å²) in [4.78, 5) is 14.2. The van der Waals surface area contributed by atoms with E-state index in [1.807, 2.05) is 11.5 Å². The van der Waals surface area contributed by atoms with Crippen LogP contribution in [0.5, 0.6) is 0 Å². The molecule has 5 rings (SSSR count). The zero-order valence-electron chi connectivity index (χ0n) is 24.9. The average molecular weight is 587 g/mol. The Labute approximate surface area is 244 Å². The van der Waals surface area contributed by atoms with Crippen LogP contribution in [0.25, 0.3) is 11.2 Å². The Hall–Kier alpha value is -3.25. The lowest BCUT2D eigenvalue weighted by Gasteiger charge is -2.50. The van der Waals surface area contributed by atoms with Gasteiger partial charge >= 0.3 is 6.18 Å². The second-order valence-electron chi connectivity index (χ2n) is 11.9. The number of nitrogens with one attached hydrogen (secondary N) is 2. The van der Waals surface area contributed by atoms with Gasteiger partial charge in [-0.15, -0.1) is 0 Å². The Bertz CT molecular complexity index is 1470. The zero-order chi connectivity index (χ0) is 30.3. The maximum atomic E-state index is 13.3. The quantitative estimate of drug-likeness (QED) is 0.274. The van der Waals surface area contributed by atoms with Crippen molar-refractivity contribution in [2.75, 3.05) is 24.6 Å². The highest BCUT2D eigenvalue weighted by Crippen LogP contribution is 2.38. The molecular formula is C30H41F3N8O. The first-order valence-corrected chi connectivity index (χ1v) is 14.8. The Morgan fingerprint density at radius 2 is 1.86 bits per heavy atom. The minimum absolute atomic E-state index is 0.00180. The third-order valence-electron chi connectivity index (χ3n) is 8.75. The summed E-state index contributed by atoms with van der Waals surface area (Å²) in [6, 6.07) is 5.64. The van der Waals surface area contributed by atoms with E-state index in [4.69, 9.17) is 20.5 Å². The van der Waals surface area contributed by atoms with Gasteiger partial charge in [-0.1, -0.05) is 32.9 Å². The van der Waals surface area contributed by atoms with E-state index in [-0.39, 0.29) is 35.8 Å². The van der Waals surface area contributed by atoms with Crippen molar-refractivity contribution < 1.29 is 17.9 Å². The van der Waals surface area contributed by atoms with Crippen LogP contribution in [0.4, 0.5) is 19.0 Å². The van der Waals surface area contributed by atoms with Crippen molar-refractivity contribution in [1.82, 2.24) is 24.0 Å². The van der Waals surface area contributed by atoms with Gasteiger partial charge < -0.3 is 14.2 Å². The van der Waals surface area contributed by atoms with Crippen molar-refractivity contribution in [1.29, 1.82) is 10.8 Å². The van der Waals surface area contributed by atoms with E-state index in [2.05, 4.69) is 42.5 Å². The van der Waals surface area contributed by atoms with Crippen LogP contribution in [-0.2, 0) is 17.5 Å². The number of halogens is 3. The number of anilines is 1. The maximum Gasteiger partial charge on any atom is 0.416 e. The molecule has 2 saturated heterocycles. The molecule has 2 aromatic heterocycles. The summed E-state index contributed by atoms with van der Waals surface area (Å²) in [6.45, 7) is 13.1. The van der Waals surface area contributed by atoms with Crippen molar-refractivity contribution in [3.63, 3.8) is 0 Å². The van der Waals surface area contributed by atoms with Crippen molar-refractivity contribution in [3.8, 4) is 0 Å². The average Bonchev–Trinajstić information content (AvgIpc) is 3.57. The number of aromatic nitrogens is 4. The summed E-state index contributed by atoms with van der Waals surface area (Å²) in [5.74, 6) is 1.59. The number of ether oxygens (including phenoxy) is 1. The monoisotopic (exact) mass is 586 g/mol. The Morgan fingerprint density at radius 3 is 2.43 bits per heavy atom. The SMILES string of the molecule is CC[C@@H]1CN(c2nc(=N)n(C=N)c3c2nc(C)n3C[C@@H]2CCCO2)[C@@H](C)CN1[C@H](c1ccc(C(F)(F)F)cc1)C(C)C. The molecule has 4 heterocycles. The topological polar surface area (TPSA) is 99.1 Å². The van der Waals surface area contributed by atoms with E-state index >= 15 is 0 Å². The van der Waals surface area contributed by atoms with Crippen molar-refractivity contribution in [2.24, 2.45) is 5.92 Å². The van der Waals surface area contributed by atoms with Crippen molar-refractivity contribution in [3.05, 3.63) is 46.8 Å². The van der Waals surface area contributed by atoms with Crippen molar-refractivity contribution >= 4 is 23.3 Å². The van der Waals surface area contributed by atoms with E-state index < -0.39 is 11.7 Å². The molecule has 9 nitrogen and oxygen atoms in total. The van der Waals surface area contributed by atoms with Crippen LogP contribution in [-0.4, -0.2) is 68.2 Å². The first kappa shape index (κ1) is 30.2. The first-order chi connectivity index (χ1) is 19.9. The molecule has 0 radical (unpaired) electrons. The largest absolute Gasteiger partial charge is 0.416 e. The number of aryl methyl sites for hydroxylation is 1. The van der Waals surface area contributed by atoms with E-state index in [0.717, 1.165) is 43.6 Å². The van der Waals surface area contributed by atoms with Gasteiger partial charge in [0.15, 0.2) is 11.5 Å². The number of fused-ring (bicyclic) bond motifs is 1. The van der Waals surface area contributed by atoms with Crippen molar-refractivity contribution in [2.45, 2.75) is 90.8 Å². The third kappa shape index (κ3) is 5.58. The Morgan fingerprint density at radius 1 is 1.14 bits per heavy atom. The zero-order valence-corrected chi connectivity index (χ0v) is 24.9. The molecule has 0 bridgehead atoms. The van der Waals surface area contributed by atoms with Gasteiger partial charge in [0.05, 0.1) is 24.6 Å². The molecule has 12 heteroatoms. The Kier molecular flexibility index (Phi) is 8.48. The van der Waals surface area contributed by atoms with Gasteiger partial charge in [-0.05, 0) is 56.7 Å². The standard InChI is InChI=1S/C30H41F3N8O/c1-6-23-15-38(19(4)14-40(23)26(18(2)3)21-9-11-22(12-10-21)30(31,32)33)27-25-28(41(17-34)29(35)37-27)39(20(5)36-25)16-24-8-7-13-42-24/h9-12,17-19,23-24,26,34-35H,6-8,13-16H2,1-5H3/t19-,23+,24-,26-/m0/s1. The molecule has 228 valence electrons. The normalized spacial score (nSPS) is 22.8. The van der Waals surface area contributed by atoms with E-state index in [1.54, 1.807) is 12.1 Å². The number of nitrogens with zero attached hydrogens (tertiary/aromatic N) is 6. The van der Waals surface area contributed by atoms with E-state index in [9.17, 15) is 13.2 Å². The summed E-state index contributed by atoms with van der Waals surface area (Å²) in [5, 5.41) is 16.8. The van der Waals surface area contributed by atoms with Crippen LogP contribution in [0.15, 0.2) is 24.3 Å². The van der Waals surface area contributed by atoms with Gasteiger partial charge in [-0.3, -0.25) is 20.3 Å². The molecule has 2 aliphatic rings. The highest BCUT2D eigenvalue weighted by atomic mass is 19.4. The number of rotatable bonds is 8. The lowest BCUT2D eigenvalue weighted by atomic mass is 9.90. The van der Waals surface area contributed by atoms with E-state index in [0.29, 0.717) is 36.6 Å². The van der Waals surface area contributed by atoms with E-state index in [1.165, 1.54) is 16.7 Å². The number of benzene rings is 1. The molecular weight excluding hydrogens is 545 g/mol. The molecule has 0 aliphatic carbocycles. The highest BCUT2D eigenvalue weighted by Gasteiger charge is 2.39. The van der Waals surface area contributed by atoms with Gasteiger partial charge in [0.25, 0.3) is 0 Å². The summed E-state index contributed by atoms with van der Waals surface area (Å²) in [6.07, 6.45) is -0.375. The third-order valence-corrected chi connectivity index (χ3v) is 8.75. The fourth-order valence-corrected chi connectivity index (χ4v) is 6.68. The number of imidazole rings is 1. The molecule has 0 amide bonds. The molecule has 1 aromatic carbocycles. The fourth-order valence-electron chi connectivity index (χ4n) is 6.68. The smallest absolute Gasteiger partial charge is 0.376 e. The second kappa shape index (κ2) is 11.8. The first-order valence-electron chi connectivity index (χ1n) is 14.8. The molecule has 0 spiro atoms. The molecule has 42 heavy (non-hydrogen) atoms. The number of hydrogen-bond donors (Lipinski definition) is 2. The number of hydrogen-bond acceptors (Lipinski definition) is 7. The highest BCUT2D eigenvalue weighted by molar-refractivity contribution is 5.88. The second-order valence-corrected chi connectivity index (χ2v) is 11.9. The summed E-state index contributed by atoms with van der Waals surface area (Å²) < 4.78 is 49.2. The lowest BCUT2D eigenvalue weighted by molar-refractivity contribution is -0.137. The van der Waals surface area contributed by atoms with Gasteiger partial charge in [0.2, 0.25) is 5.62 Å². The van der Waals surface area contributed by atoms with Crippen LogP contribution in [0, 0.1) is 23.7 Å². The Balaban J connectivity index is 1.51. The lowest BCUT2D eigenvalue weighted by Crippen LogP contribution is -2.59. The molecule has 2 aliphatic heterocycles. The van der Waals surface area contributed by atoms with Crippen LogP contribution >= 0.6 is 0 Å².